The van der Waals surface area contributed by atoms with E-state index in [1.807, 2.05) is 36.1 Å². The Balaban J connectivity index is 1.55. The number of carbonyl (C=O) groups excluding carboxylic acids is 2. The molecule has 1 aliphatic heterocycles. The number of nitrogens with zero attached hydrogens (tertiary/aromatic N) is 3. The van der Waals surface area contributed by atoms with E-state index >= 15 is 0 Å². The van der Waals surface area contributed by atoms with Gasteiger partial charge in [0.1, 0.15) is 11.6 Å². The van der Waals surface area contributed by atoms with Crippen molar-refractivity contribution in [3.05, 3.63) is 63.0 Å². The van der Waals surface area contributed by atoms with Crippen LogP contribution in [0.1, 0.15) is 18.1 Å². The maximum atomic E-state index is 13.0. The first kappa shape index (κ1) is 24.8. The van der Waals surface area contributed by atoms with E-state index in [2.05, 4.69) is 5.32 Å². The molecule has 33 heavy (non-hydrogen) atoms. The van der Waals surface area contributed by atoms with Crippen molar-refractivity contribution in [2.24, 2.45) is 0 Å². The van der Waals surface area contributed by atoms with Crippen LogP contribution in [0.4, 0.5) is 18.9 Å². The highest BCUT2D eigenvalue weighted by atomic mass is 35.5. The molecule has 0 atom stereocenters. The lowest BCUT2D eigenvalue weighted by Gasteiger charge is -2.34. The van der Waals surface area contributed by atoms with Gasteiger partial charge in [-0.1, -0.05) is 36.7 Å². The van der Waals surface area contributed by atoms with Crippen LogP contribution in [0.15, 0.2) is 41.3 Å². The Bertz CT molecular complexity index is 1080. The summed E-state index contributed by atoms with van der Waals surface area (Å²) in [5.74, 6) is -0.658. The molecule has 0 aliphatic carbocycles. The summed E-state index contributed by atoms with van der Waals surface area (Å²) in [7, 11) is 0. The third-order valence-corrected chi connectivity index (χ3v) is 5.71. The molecule has 1 N–H and O–H groups in total. The van der Waals surface area contributed by atoms with Gasteiger partial charge in [-0.3, -0.25) is 19.3 Å². The van der Waals surface area contributed by atoms with Crippen LogP contribution in [-0.4, -0.2) is 58.9 Å². The predicted molar refractivity (Wildman–Crippen MR) is 118 cm³/mol. The average Bonchev–Trinajstić information content (AvgIpc) is 2.76. The first-order valence-electron chi connectivity index (χ1n) is 10.4. The van der Waals surface area contributed by atoms with Crippen molar-refractivity contribution in [1.82, 2.24) is 14.4 Å². The number of aryl methyl sites for hydroxylation is 1. The van der Waals surface area contributed by atoms with Gasteiger partial charge in [0.2, 0.25) is 11.8 Å². The molecule has 0 spiro atoms. The van der Waals surface area contributed by atoms with Gasteiger partial charge in [0.15, 0.2) is 0 Å². The number of para-hydroxylation sites is 1. The van der Waals surface area contributed by atoms with E-state index in [1.165, 1.54) is 4.90 Å². The Kier molecular flexibility index (Phi) is 7.80. The van der Waals surface area contributed by atoms with Crippen molar-refractivity contribution in [3.63, 3.8) is 0 Å². The molecule has 178 valence electrons. The molecule has 3 rings (SSSR count). The molecule has 0 saturated carbocycles. The summed E-state index contributed by atoms with van der Waals surface area (Å²) in [5.41, 5.74) is -0.156. The van der Waals surface area contributed by atoms with Crippen LogP contribution in [0.3, 0.4) is 0 Å². The predicted octanol–water partition coefficient (Wildman–Crippen LogP) is 2.87. The third-order valence-electron chi connectivity index (χ3n) is 5.44. The number of carbonyl (C=O) groups is 2. The van der Waals surface area contributed by atoms with Gasteiger partial charge < -0.3 is 14.8 Å². The van der Waals surface area contributed by atoms with Crippen molar-refractivity contribution in [1.29, 1.82) is 0 Å². The monoisotopic (exact) mass is 484 g/mol. The van der Waals surface area contributed by atoms with Crippen LogP contribution < -0.4 is 10.9 Å². The van der Waals surface area contributed by atoms with Crippen LogP contribution in [0.5, 0.6) is 0 Å². The highest BCUT2D eigenvalue weighted by Crippen LogP contribution is 2.29. The fourth-order valence-electron chi connectivity index (χ4n) is 3.62. The lowest BCUT2D eigenvalue weighted by molar-refractivity contribution is -0.139. The molecular formula is C22H24ClF3N4O3. The van der Waals surface area contributed by atoms with Crippen molar-refractivity contribution in [2.45, 2.75) is 26.1 Å². The van der Waals surface area contributed by atoms with Crippen LogP contribution in [-0.2, 0) is 28.7 Å². The summed E-state index contributed by atoms with van der Waals surface area (Å²) in [6.07, 6.45) is -3.30. The minimum absolute atomic E-state index is 0.156. The summed E-state index contributed by atoms with van der Waals surface area (Å²) in [6.45, 7) is 3.04. The zero-order valence-electron chi connectivity index (χ0n) is 18.0. The zero-order chi connectivity index (χ0) is 24.2. The molecule has 11 heteroatoms. The summed E-state index contributed by atoms with van der Waals surface area (Å²) in [5, 5.41) is 2.30. The van der Waals surface area contributed by atoms with Crippen molar-refractivity contribution >= 4 is 29.1 Å². The molecule has 2 aromatic rings. The summed E-state index contributed by atoms with van der Waals surface area (Å²) in [6, 6.07) is 8.10. The fourth-order valence-corrected chi connectivity index (χ4v) is 3.84. The number of amides is 2. The van der Waals surface area contributed by atoms with Gasteiger partial charge in [0.25, 0.3) is 5.56 Å². The van der Waals surface area contributed by atoms with Gasteiger partial charge in [-0.25, -0.2) is 0 Å². The van der Waals surface area contributed by atoms with E-state index in [-0.39, 0.29) is 12.5 Å². The number of hydrogen-bond donors (Lipinski definition) is 1. The molecule has 1 aliphatic rings. The number of piperazine rings is 1. The molecule has 0 bridgehead atoms. The number of benzene rings is 1. The van der Waals surface area contributed by atoms with Crippen LogP contribution in [0, 0.1) is 0 Å². The lowest BCUT2D eigenvalue weighted by atomic mass is 10.1. The summed E-state index contributed by atoms with van der Waals surface area (Å²) >= 11 is 5.64. The second kappa shape index (κ2) is 10.4. The van der Waals surface area contributed by atoms with Crippen LogP contribution >= 0.6 is 11.6 Å². The number of nitrogens with one attached hydrogen (secondary N) is 1. The first-order valence-corrected chi connectivity index (χ1v) is 10.8. The van der Waals surface area contributed by atoms with Crippen molar-refractivity contribution in [3.8, 4) is 0 Å². The normalized spacial score (nSPS) is 14.9. The number of aromatic nitrogens is 1. The smallest absolute Gasteiger partial charge is 0.339 e. The van der Waals surface area contributed by atoms with Crippen LogP contribution in [0.25, 0.3) is 0 Å². The first-order chi connectivity index (χ1) is 15.6. The summed E-state index contributed by atoms with van der Waals surface area (Å²) < 4.78 is 39.7. The molecule has 0 radical (unpaired) electrons. The van der Waals surface area contributed by atoms with Gasteiger partial charge >= 0.3 is 6.18 Å². The van der Waals surface area contributed by atoms with Gasteiger partial charge in [-0.2, -0.15) is 13.2 Å². The lowest BCUT2D eigenvalue weighted by Crippen LogP contribution is -2.51. The SMILES string of the molecule is CCc1ccccc1NC(=O)CN1CCN(C(=O)Cn2cc(C(F)(F)F)cc(Cl)c2=O)CC1. The van der Waals surface area contributed by atoms with E-state index in [4.69, 9.17) is 11.6 Å². The maximum absolute atomic E-state index is 13.0. The number of anilines is 1. The number of alkyl halides is 3. The molecular weight excluding hydrogens is 461 g/mol. The molecule has 0 unspecified atom stereocenters. The molecule has 2 heterocycles. The second-order valence-electron chi connectivity index (χ2n) is 7.72. The molecule has 2 amide bonds. The largest absolute Gasteiger partial charge is 0.417 e. The van der Waals surface area contributed by atoms with Crippen LogP contribution in [0.2, 0.25) is 5.02 Å². The van der Waals surface area contributed by atoms with Crippen molar-refractivity contribution in [2.75, 3.05) is 38.0 Å². The maximum Gasteiger partial charge on any atom is 0.417 e. The Morgan fingerprint density at radius 1 is 1.09 bits per heavy atom. The third kappa shape index (κ3) is 6.35. The fraction of sp³-hybridized carbons (Fsp3) is 0.409. The average molecular weight is 485 g/mol. The van der Waals surface area contributed by atoms with Gasteiger partial charge in [-0.05, 0) is 24.1 Å². The Morgan fingerprint density at radius 2 is 1.76 bits per heavy atom. The highest BCUT2D eigenvalue weighted by Gasteiger charge is 2.32. The molecule has 1 fully saturated rings. The number of pyridine rings is 1. The number of halogens is 4. The topological polar surface area (TPSA) is 74.7 Å². The Morgan fingerprint density at radius 3 is 2.39 bits per heavy atom. The zero-order valence-corrected chi connectivity index (χ0v) is 18.7. The molecule has 7 nitrogen and oxygen atoms in total. The highest BCUT2D eigenvalue weighted by molar-refractivity contribution is 6.30. The van der Waals surface area contributed by atoms with E-state index < -0.39 is 34.8 Å². The molecule has 1 aromatic heterocycles. The minimum Gasteiger partial charge on any atom is -0.339 e. The minimum atomic E-state index is -4.69. The quantitative estimate of drug-likeness (QED) is 0.684. The van der Waals surface area contributed by atoms with E-state index in [9.17, 15) is 27.6 Å². The van der Waals surface area contributed by atoms with Gasteiger partial charge in [0, 0.05) is 38.1 Å². The Hall–Kier alpha value is -2.85. The number of hydrogen-bond acceptors (Lipinski definition) is 4. The molecule has 1 aromatic carbocycles. The number of rotatable bonds is 6. The van der Waals surface area contributed by atoms with E-state index in [1.54, 1.807) is 0 Å². The Labute approximate surface area is 193 Å². The molecule has 1 saturated heterocycles. The van der Waals surface area contributed by atoms with Gasteiger partial charge in [0.05, 0.1) is 12.1 Å². The van der Waals surface area contributed by atoms with Gasteiger partial charge in [-0.15, -0.1) is 0 Å². The van der Waals surface area contributed by atoms with E-state index in [0.717, 1.165) is 17.7 Å². The standard InChI is InChI=1S/C22H24ClF3N4O3/c1-2-15-5-3-4-6-18(15)27-19(31)13-28-7-9-29(10-8-28)20(32)14-30-12-16(22(24,25)26)11-17(23)21(30)33/h3-6,11-12H,2,7-10,13-14H2,1H3,(H,27,31). The summed E-state index contributed by atoms with van der Waals surface area (Å²) in [4.78, 5) is 40.4. The second-order valence-corrected chi connectivity index (χ2v) is 8.13. The van der Waals surface area contributed by atoms with Crippen molar-refractivity contribution < 1.29 is 22.8 Å². The van der Waals surface area contributed by atoms with E-state index in [0.29, 0.717) is 43.0 Å².